The van der Waals surface area contributed by atoms with E-state index in [1.807, 2.05) is 36.4 Å². The van der Waals surface area contributed by atoms with Gasteiger partial charge in [-0.15, -0.1) is 0 Å². The van der Waals surface area contributed by atoms with Crippen molar-refractivity contribution >= 4 is 63.7 Å². The number of thioether (sulfide) groups is 1. The molecule has 6 nitrogen and oxygen atoms in total. The topological polar surface area (TPSA) is 78.5 Å². The van der Waals surface area contributed by atoms with Crippen LogP contribution in [0.4, 0.5) is 0 Å². The van der Waals surface area contributed by atoms with Crippen molar-refractivity contribution < 1.29 is 14.4 Å². The molecule has 1 saturated heterocycles. The molecular weight excluding hydrogens is 442 g/mol. The SMILES string of the molecule is O=C(CN1C(=O)C(=CC=Cc2ccccc2)SC1=S)NNC(=O)c1ccccc1Cl. The van der Waals surface area contributed by atoms with Gasteiger partial charge in [-0.25, -0.2) is 0 Å². The molecule has 9 heteroatoms. The van der Waals surface area contributed by atoms with E-state index in [2.05, 4.69) is 10.9 Å². The number of allylic oxidation sites excluding steroid dienone is 2. The first-order valence-corrected chi connectivity index (χ1v) is 10.4. The molecule has 1 heterocycles. The van der Waals surface area contributed by atoms with Crippen LogP contribution >= 0.6 is 35.6 Å². The van der Waals surface area contributed by atoms with Crippen LogP contribution in [-0.4, -0.2) is 33.5 Å². The van der Waals surface area contributed by atoms with Gasteiger partial charge in [-0.2, -0.15) is 0 Å². The average molecular weight is 458 g/mol. The zero-order chi connectivity index (χ0) is 21.5. The minimum absolute atomic E-state index is 0.221. The molecule has 0 aromatic heterocycles. The third-order valence-electron chi connectivity index (χ3n) is 3.95. The minimum atomic E-state index is -0.590. The number of nitrogens with one attached hydrogen (secondary N) is 2. The van der Waals surface area contributed by atoms with Gasteiger partial charge >= 0.3 is 0 Å². The Hall–Kier alpha value is -2.94. The molecule has 0 radical (unpaired) electrons. The molecule has 0 aliphatic carbocycles. The van der Waals surface area contributed by atoms with Gasteiger partial charge in [-0.05, 0) is 23.8 Å². The lowest BCUT2D eigenvalue weighted by atomic mass is 10.2. The normalized spacial score (nSPS) is 15.1. The van der Waals surface area contributed by atoms with Crippen LogP contribution in [0.1, 0.15) is 15.9 Å². The van der Waals surface area contributed by atoms with Crippen LogP contribution in [0.25, 0.3) is 6.08 Å². The number of nitrogens with zero attached hydrogens (tertiary/aromatic N) is 1. The summed E-state index contributed by atoms with van der Waals surface area (Å²) in [5, 5.41) is 0.259. The van der Waals surface area contributed by atoms with E-state index in [0.29, 0.717) is 4.91 Å². The van der Waals surface area contributed by atoms with Crippen molar-refractivity contribution in [1.29, 1.82) is 0 Å². The standard InChI is InChI=1S/C21H16ClN3O3S2/c22-16-11-5-4-10-15(16)19(27)24-23-18(26)13-25-20(28)17(30-21(25)29)12-6-9-14-7-2-1-3-8-14/h1-12H,13H2,(H,23,26)(H,24,27). The number of benzene rings is 2. The zero-order valence-electron chi connectivity index (χ0n) is 15.5. The van der Waals surface area contributed by atoms with Gasteiger partial charge in [-0.3, -0.25) is 30.1 Å². The maximum absolute atomic E-state index is 12.5. The smallest absolute Gasteiger partial charge is 0.271 e. The number of hydrazine groups is 1. The number of carbonyl (C=O) groups excluding carboxylic acids is 3. The third kappa shape index (κ3) is 5.56. The maximum atomic E-state index is 12.5. The van der Waals surface area contributed by atoms with Crippen LogP contribution in [-0.2, 0) is 9.59 Å². The zero-order valence-corrected chi connectivity index (χ0v) is 17.9. The summed E-state index contributed by atoms with van der Waals surface area (Å²) < 4.78 is 0.270. The molecule has 1 fully saturated rings. The lowest BCUT2D eigenvalue weighted by Gasteiger charge is -2.14. The van der Waals surface area contributed by atoms with E-state index in [0.717, 1.165) is 17.3 Å². The molecule has 1 aliphatic heterocycles. The second-order valence-electron chi connectivity index (χ2n) is 6.04. The van der Waals surface area contributed by atoms with Gasteiger partial charge in [0.2, 0.25) is 0 Å². The van der Waals surface area contributed by atoms with Crippen LogP contribution in [0, 0.1) is 0 Å². The van der Waals surface area contributed by atoms with E-state index in [1.165, 1.54) is 11.0 Å². The Kier molecular flexibility index (Phi) is 7.40. The second-order valence-corrected chi connectivity index (χ2v) is 8.13. The lowest BCUT2D eigenvalue weighted by Crippen LogP contribution is -2.47. The van der Waals surface area contributed by atoms with Crippen LogP contribution in [0.5, 0.6) is 0 Å². The summed E-state index contributed by atoms with van der Waals surface area (Å²) in [6.45, 7) is -0.312. The van der Waals surface area contributed by atoms with Crippen molar-refractivity contribution in [2.24, 2.45) is 0 Å². The Morgan fingerprint density at radius 2 is 1.77 bits per heavy atom. The summed E-state index contributed by atoms with van der Waals surface area (Å²) in [5.41, 5.74) is 5.75. The molecule has 2 N–H and O–H groups in total. The highest BCUT2D eigenvalue weighted by atomic mass is 35.5. The number of rotatable bonds is 5. The number of thiocarbonyl (C=S) groups is 1. The van der Waals surface area contributed by atoms with Crippen LogP contribution < -0.4 is 10.9 Å². The number of amides is 3. The first-order valence-electron chi connectivity index (χ1n) is 8.76. The van der Waals surface area contributed by atoms with E-state index in [9.17, 15) is 14.4 Å². The van der Waals surface area contributed by atoms with Gasteiger partial charge in [0.1, 0.15) is 10.9 Å². The Morgan fingerprint density at radius 1 is 1.07 bits per heavy atom. The maximum Gasteiger partial charge on any atom is 0.271 e. The van der Waals surface area contributed by atoms with E-state index >= 15 is 0 Å². The minimum Gasteiger partial charge on any atom is -0.283 e. The number of carbonyl (C=O) groups is 3. The number of hydrogen-bond acceptors (Lipinski definition) is 5. The molecule has 0 bridgehead atoms. The Morgan fingerprint density at radius 3 is 2.50 bits per heavy atom. The average Bonchev–Trinajstić information content (AvgIpc) is 3.00. The Balaban J connectivity index is 1.55. The van der Waals surface area contributed by atoms with Crippen molar-refractivity contribution in [2.45, 2.75) is 0 Å². The fraction of sp³-hybridized carbons (Fsp3) is 0.0476. The molecule has 30 heavy (non-hydrogen) atoms. The number of halogens is 1. The highest BCUT2D eigenvalue weighted by Crippen LogP contribution is 2.30. The summed E-state index contributed by atoms with van der Waals surface area (Å²) in [4.78, 5) is 38.4. The fourth-order valence-corrected chi connectivity index (χ4v) is 3.91. The summed E-state index contributed by atoms with van der Waals surface area (Å²) in [5.74, 6) is -1.52. The van der Waals surface area contributed by atoms with Gasteiger partial charge < -0.3 is 0 Å². The van der Waals surface area contributed by atoms with Crippen molar-refractivity contribution in [3.8, 4) is 0 Å². The fourth-order valence-electron chi connectivity index (χ4n) is 2.48. The molecule has 0 atom stereocenters. The lowest BCUT2D eigenvalue weighted by molar-refractivity contribution is -0.129. The van der Waals surface area contributed by atoms with Gasteiger partial charge in [0, 0.05) is 0 Å². The molecular formula is C21H16ClN3O3S2. The Bertz CT molecular complexity index is 1050. The van der Waals surface area contributed by atoms with Gasteiger partial charge in [0.15, 0.2) is 0 Å². The molecule has 152 valence electrons. The second kappa shape index (κ2) is 10.2. The Labute approximate surface area is 187 Å². The first kappa shape index (κ1) is 21.8. The van der Waals surface area contributed by atoms with E-state index in [-0.39, 0.29) is 27.4 Å². The van der Waals surface area contributed by atoms with Gasteiger partial charge in [0.05, 0.1) is 15.5 Å². The highest BCUT2D eigenvalue weighted by Gasteiger charge is 2.33. The van der Waals surface area contributed by atoms with Crippen LogP contribution in [0.15, 0.2) is 71.7 Å². The van der Waals surface area contributed by atoms with Gasteiger partial charge in [0.25, 0.3) is 17.7 Å². The molecule has 2 aromatic rings. The van der Waals surface area contributed by atoms with Crippen molar-refractivity contribution in [2.75, 3.05) is 6.54 Å². The summed E-state index contributed by atoms with van der Waals surface area (Å²) in [6, 6.07) is 16.1. The predicted molar refractivity (Wildman–Crippen MR) is 123 cm³/mol. The van der Waals surface area contributed by atoms with Crippen molar-refractivity contribution in [3.63, 3.8) is 0 Å². The predicted octanol–water partition coefficient (Wildman–Crippen LogP) is 3.56. The van der Waals surface area contributed by atoms with Crippen molar-refractivity contribution in [1.82, 2.24) is 15.8 Å². The van der Waals surface area contributed by atoms with E-state index in [4.69, 9.17) is 23.8 Å². The van der Waals surface area contributed by atoms with E-state index < -0.39 is 11.8 Å². The molecule has 0 saturated carbocycles. The molecule has 0 unspecified atom stereocenters. The third-order valence-corrected chi connectivity index (χ3v) is 5.67. The van der Waals surface area contributed by atoms with Crippen molar-refractivity contribution in [3.05, 3.63) is 87.8 Å². The highest BCUT2D eigenvalue weighted by molar-refractivity contribution is 8.26. The van der Waals surface area contributed by atoms with E-state index in [1.54, 1.807) is 30.4 Å². The quantitative estimate of drug-likeness (QED) is 0.408. The van der Waals surface area contributed by atoms with Crippen LogP contribution in [0.2, 0.25) is 5.02 Å². The molecule has 1 aliphatic rings. The molecule has 0 spiro atoms. The van der Waals surface area contributed by atoms with Crippen LogP contribution in [0.3, 0.4) is 0 Å². The summed E-state index contributed by atoms with van der Waals surface area (Å²) >= 11 is 12.3. The largest absolute Gasteiger partial charge is 0.283 e. The number of hydrogen-bond donors (Lipinski definition) is 2. The monoisotopic (exact) mass is 457 g/mol. The summed E-state index contributed by atoms with van der Waals surface area (Å²) in [7, 11) is 0. The first-order chi connectivity index (χ1) is 14.5. The van der Waals surface area contributed by atoms with Gasteiger partial charge in [-0.1, -0.05) is 90.2 Å². The molecule has 2 aromatic carbocycles. The molecule has 3 rings (SSSR count). The molecule has 3 amide bonds. The summed E-state index contributed by atoms with van der Waals surface area (Å²) in [6.07, 6.45) is 5.28.